The van der Waals surface area contributed by atoms with Crippen molar-refractivity contribution in [2.75, 3.05) is 13.7 Å². The van der Waals surface area contributed by atoms with Gasteiger partial charge in [0.15, 0.2) is 0 Å². The third-order valence-corrected chi connectivity index (χ3v) is 5.12. The van der Waals surface area contributed by atoms with Crippen LogP contribution in [-0.4, -0.2) is 23.9 Å². The predicted octanol–water partition coefficient (Wildman–Crippen LogP) is 5.70. The van der Waals surface area contributed by atoms with Crippen molar-refractivity contribution in [3.63, 3.8) is 0 Å². The van der Waals surface area contributed by atoms with Crippen molar-refractivity contribution in [3.05, 3.63) is 108 Å². The minimum Gasteiger partial charge on any atom is -0.508 e. The molecule has 0 aliphatic heterocycles. The summed E-state index contributed by atoms with van der Waals surface area (Å²) in [5, 5.41) is 19.1. The van der Waals surface area contributed by atoms with Gasteiger partial charge in [0.05, 0.1) is 12.5 Å². The number of hydrogen-bond acceptors (Lipinski definition) is 3. The zero-order valence-electron chi connectivity index (χ0n) is 17.4. The summed E-state index contributed by atoms with van der Waals surface area (Å²) in [6.45, 7) is 8.18. The Morgan fingerprint density at radius 2 is 1.52 bits per heavy atom. The number of phenols is 1. The molecule has 2 N–H and O–H groups in total. The van der Waals surface area contributed by atoms with E-state index in [9.17, 15) is 10.2 Å². The Bertz CT molecular complexity index is 887. The Hall–Kier alpha value is -3.04. The summed E-state index contributed by atoms with van der Waals surface area (Å²) in [5.41, 5.74) is 3.51. The van der Waals surface area contributed by atoms with Crippen LogP contribution >= 0.6 is 0 Å². The van der Waals surface area contributed by atoms with Crippen LogP contribution < -0.4 is 4.74 Å². The van der Waals surface area contributed by atoms with Gasteiger partial charge in [-0.1, -0.05) is 61.2 Å². The Morgan fingerprint density at radius 1 is 0.966 bits per heavy atom. The largest absolute Gasteiger partial charge is 0.508 e. The van der Waals surface area contributed by atoms with Crippen LogP contribution in [0, 0.1) is 0 Å². The molecular weight excluding hydrogens is 360 g/mol. The molecule has 0 aromatic heterocycles. The highest BCUT2D eigenvalue weighted by atomic mass is 16.5. The highest BCUT2D eigenvalue weighted by Crippen LogP contribution is 2.47. The van der Waals surface area contributed by atoms with Gasteiger partial charge in [0.2, 0.25) is 0 Å². The lowest BCUT2D eigenvalue weighted by atomic mass is 9.63. The van der Waals surface area contributed by atoms with Gasteiger partial charge in [0.25, 0.3) is 0 Å². The van der Waals surface area contributed by atoms with Crippen LogP contribution in [0.15, 0.2) is 96.6 Å². The lowest BCUT2D eigenvalue weighted by molar-refractivity contribution is 0.302. The molecule has 0 saturated carbocycles. The van der Waals surface area contributed by atoms with Crippen LogP contribution in [0.5, 0.6) is 11.5 Å². The monoisotopic (exact) mass is 390 g/mol. The first-order valence-corrected chi connectivity index (χ1v) is 9.75. The molecular formula is C26H30O3. The fraction of sp³-hybridized carbons (Fsp3) is 0.231. The zero-order valence-corrected chi connectivity index (χ0v) is 17.4. The third-order valence-electron chi connectivity index (χ3n) is 5.12. The average Bonchev–Trinajstić information content (AvgIpc) is 2.76. The van der Waals surface area contributed by atoms with Crippen LogP contribution in [0.25, 0.3) is 0 Å². The summed E-state index contributed by atoms with van der Waals surface area (Å²) in [7, 11) is 1.65. The van der Waals surface area contributed by atoms with Crippen LogP contribution in [-0.2, 0) is 5.41 Å². The van der Waals surface area contributed by atoms with E-state index in [1.54, 1.807) is 19.2 Å². The van der Waals surface area contributed by atoms with Gasteiger partial charge in [-0.3, -0.25) is 0 Å². The maximum absolute atomic E-state index is 9.88. The number of aliphatic hydroxyl groups excluding tert-OH is 1. The van der Waals surface area contributed by atoms with Gasteiger partial charge in [-0.05, 0) is 66.8 Å². The van der Waals surface area contributed by atoms with Crippen LogP contribution in [0.3, 0.4) is 0 Å². The Morgan fingerprint density at radius 3 is 1.97 bits per heavy atom. The molecule has 29 heavy (non-hydrogen) atoms. The SMILES string of the molecule is C=C/C(=C\C)C(C(/C=C\CCO)=C/C)(c1ccc(O)cc1)c1ccc(OC)cc1. The van der Waals surface area contributed by atoms with E-state index in [0.717, 1.165) is 28.0 Å². The normalized spacial score (nSPS) is 14.6. The van der Waals surface area contributed by atoms with Crippen LogP contribution in [0.1, 0.15) is 31.4 Å². The molecule has 0 radical (unpaired) electrons. The maximum atomic E-state index is 9.88. The van der Waals surface area contributed by atoms with Crippen molar-refractivity contribution in [3.8, 4) is 11.5 Å². The minimum absolute atomic E-state index is 0.0974. The molecule has 0 aliphatic carbocycles. The van der Waals surface area contributed by atoms with Gasteiger partial charge in [-0.2, -0.15) is 0 Å². The second-order valence-corrected chi connectivity index (χ2v) is 6.63. The molecule has 3 nitrogen and oxygen atoms in total. The first-order valence-electron chi connectivity index (χ1n) is 9.75. The highest BCUT2D eigenvalue weighted by molar-refractivity contribution is 5.63. The molecule has 2 aromatic rings. The van der Waals surface area contributed by atoms with E-state index in [1.807, 2.05) is 50.3 Å². The van der Waals surface area contributed by atoms with E-state index in [0.29, 0.717) is 6.42 Å². The standard InChI is InChI=1S/C26H30O3/c1-5-20(6-2)26(21(7-3)10-8-9-19-27,22-11-15-24(28)16-12-22)23-13-17-25(29-4)18-14-23/h5-8,10-18,27-28H,1,9,19H2,2-4H3/b10-8-,20-6+,21-7+. The number of aliphatic hydroxyl groups is 1. The number of ether oxygens (including phenoxy) is 1. The number of rotatable bonds is 9. The number of methoxy groups -OCH3 is 1. The van der Waals surface area contributed by atoms with E-state index in [1.165, 1.54) is 0 Å². The van der Waals surface area contributed by atoms with E-state index >= 15 is 0 Å². The molecule has 0 aliphatic rings. The first-order chi connectivity index (χ1) is 14.1. The van der Waals surface area contributed by atoms with Crippen molar-refractivity contribution >= 4 is 0 Å². The predicted molar refractivity (Wildman–Crippen MR) is 120 cm³/mol. The zero-order chi connectivity index (χ0) is 21.3. The fourth-order valence-corrected chi connectivity index (χ4v) is 3.76. The van der Waals surface area contributed by atoms with E-state index < -0.39 is 5.41 Å². The molecule has 152 valence electrons. The van der Waals surface area contributed by atoms with Crippen molar-refractivity contribution in [2.45, 2.75) is 25.7 Å². The van der Waals surface area contributed by atoms with Gasteiger partial charge in [-0.25, -0.2) is 0 Å². The highest BCUT2D eigenvalue weighted by Gasteiger charge is 2.39. The fourth-order valence-electron chi connectivity index (χ4n) is 3.76. The summed E-state index contributed by atoms with van der Waals surface area (Å²) in [4.78, 5) is 0. The molecule has 2 aromatic carbocycles. The van der Waals surface area contributed by atoms with E-state index in [4.69, 9.17) is 4.74 Å². The number of phenolic OH excluding ortho intramolecular Hbond substituents is 1. The molecule has 2 rings (SSSR count). The molecule has 0 saturated heterocycles. The number of allylic oxidation sites excluding steroid dienone is 6. The summed E-state index contributed by atoms with van der Waals surface area (Å²) in [5.74, 6) is 1.00. The molecule has 0 spiro atoms. The summed E-state index contributed by atoms with van der Waals surface area (Å²) in [6.07, 6.45) is 10.6. The van der Waals surface area contributed by atoms with Crippen LogP contribution in [0.2, 0.25) is 0 Å². The Labute approximate surface area is 174 Å². The molecule has 1 unspecified atom stereocenters. The van der Waals surface area contributed by atoms with Gasteiger partial charge >= 0.3 is 0 Å². The number of hydrogen-bond donors (Lipinski definition) is 2. The minimum atomic E-state index is -0.628. The molecule has 3 heteroatoms. The van der Waals surface area contributed by atoms with Crippen molar-refractivity contribution < 1.29 is 14.9 Å². The molecule has 0 bridgehead atoms. The smallest absolute Gasteiger partial charge is 0.118 e. The molecule has 0 heterocycles. The van der Waals surface area contributed by atoms with E-state index in [2.05, 4.69) is 36.9 Å². The average molecular weight is 391 g/mol. The van der Waals surface area contributed by atoms with Crippen LogP contribution in [0.4, 0.5) is 0 Å². The first kappa shape index (κ1) is 22.3. The summed E-state index contributed by atoms with van der Waals surface area (Å²) in [6, 6.07) is 15.3. The van der Waals surface area contributed by atoms with E-state index in [-0.39, 0.29) is 12.4 Å². The lowest BCUT2D eigenvalue weighted by Gasteiger charge is -2.38. The lowest BCUT2D eigenvalue weighted by Crippen LogP contribution is -2.31. The summed E-state index contributed by atoms with van der Waals surface area (Å²) >= 11 is 0. The van der Waals surface area contributed by atoms with Gasteiger partial charge in [-0.15, -0.1) is 0 Å². The number of aromatic hydroxyl groups is 1. The Balaban J connectivity index is 2.90. The van der Waals surface area contributed by atoms with Crippen molar-refractivity contribution in [1.82, 2.24) is 0 Å². The van der Waals surface area contributed by atoms with Gasteiger partial charge in [0.1, 0.15) is 11.5 Å². The Kier molecular flexibility index (Phi) is 8.05. The molecule has 0 fully saturated rings. The third kappa shape index (κ3) is 4.52. The maximum Gasteiger partial charge on any atom is 0.118 e. The quantitative estimate of drug-likeness (QED) is 0.540. The summed E-state index contributed by atoms with van der Waals surface area (Å²) < 4.78 is 5.36. The van der Waals surface area contributed by atoms with Crippen molar-refractivity contribution in [2.24, 2.45) is 0 Å². The second-order valence-electron chi connectivity index (χ2n) is 6.63. The molecule has 0 amide bonds. The molecule has 1 atom stereocenters. The van der Waals surface area contributed by atoms with Gasteiger partial charge < -0.3 is 14.9 Å². The van der Waals surface area contributed by atoms with Crippen molar-refractivity contribution in [1.29, 1.82) is 0 Å². The topological polar surface area (TPSA) is 49.7 Å². The second kappa shape index (κ2) is 10.5. The number of benzene rings is 2. The van der Waals surface area contributed by atoms with Gasteiger partial charge in [0, 0.05) is 6.61 Å².